The molecule has 0 spiro atoms. The highest BCUT2D eigenvalue weighted by Gasteiger charge is 2.27. The number of aliphatic imine (C=N–C) groups is 1. The van der Waals surface area contributed by atoms with Gasteiger partial charge in [0, 0.05) is 16.3 Å². The minimum atomic E-state index is -0.294. The van der Waals surface area contributed by atoms with Gasteiger partial charge in [-0.05, 0) is 90.0 Å². The fraction of sp³-hybridized carbons (Fsp3) is 0.0392. The molecule has 2 N–H and O–H groups in total. The zero-order chi connectivity index (χ0) is 36.3. The van der Waals surface area contributed by atoms with E-state index in [0.29, 0.717) is 0 Å². The van der Waals surface area contributed by atoms with Crippen LogP contribution in [0, 0.1) is 0 Å². The molecule has 0 radical (unpaired) electrons. The van der Waals surface area contributed by atoms with E-state index < -0.39 is 0 Å². The first-order valence-electron chi connectivity index (χ1n) is 18.8. The number of benzene rings is 9. The number of hydrogen-bond acceptors (Lipinski definition) is 4. The third-order valence-corrected chi connectivity index (χ3v) is 11.2. The minimum absolute atomic E-state index is 0.202. The molecule has 0 saturated heterocycles. The fourth-order valence-corrected chi connectivity index (χ4v) is 8.40. The zero-order valence-corrected chi connectivity index (χ0v) is 29.9. The van der Waals surface area contributed by atoms with Crippen LogP contribution >= 0.6 is 0 Å². The molecule has 2 atom stereocenters. The summed E-state index contributed by atoms with van der Waals surface area (Å²) in [7, 11) is 0. The molecule has 10 aromatic rings. The van der Waals surface area contributed by atoms with Crippen molar-refractivity contribution < 1.29 is 4.42 Å². The second-order valence-corrected chi connectivity index (χ2v) is 14.4. The molecule has 2 heterocycles. The number of nitrogens with one attached hydrogen (secondary N) is 2. The Hall–Kier alpha value is -7.01. The van der Waals surface area contributed by atoms with Crippen LogP contribution in [-0.2, 0) is 0 Å². The zero-order valence-electron chi connectivity index (χ0n) is 29.9. The molecule has 0 bridgehead atoms. The summed E-state index contributed by atoms with van der Waals surface area (Å²) >= 11 is 0. The average molecular weight is 706 g/mol. The van der Waals surface area contributed by atoms with E-state index in [1.165, 1.54) is 43.4 Å². The Kier molecular flexibility index (Phi) is 7.35. The van der Waals surface area contributed by atoms with Crippen LogP contribution < -0.4 is 10.6 Å². The van der Waals surface area contributed by atoms with Crippen molar-refractivity contribution in [3.8, 4) is 22.3 Å². The van der Waals surface area contributed by atoms with E-state index in [0.717, 1.165) is 55.6 Å². The number of rotatable bonds is 5. The van der Waals surface area contributed by atoms with Crippen molar-refractivity contribution in [1.29, 1.82) is 0 Å². The van der Waals surface area contributed by atoms with Crippen LogP contribution in [0.1, 0.15) is 29.0 Å². The van der Waals surface area contributed by atoms with E-state index in [-0.39, 0.29) is 12.3 Å². The first-order valence-corrected chi connectivity index (χ1v) is 18.8. The topological polar surface area (TPSA) is 49.6 Å². The summed E-state index contributed by atoms with van der Waals surface area (Å²) in [6.45, 7) is 0. The lowest BCUT2D eigenvalue weighted by Crippen LogP contribution is -2.45. The van der Waals surface area contributed by atoms with Gasteiger partial charge in [-0.15, -0.1) is 0 Å². The van der Waals surface area contributed by atoms with Crippen molar-refractivity contribution in [3.63, 3.8) is 0 Å². The number of nitrogens with zero attached hydrogens (tertiary/aromatic N) is 1. The molecule has 9 aromatic carbocycles. The number of hydrogen-bond donors (Lipinski definition) is 2. The molecular formula is C51H35N3O. The van der Waals surface area contributed by atoms with Crippen molar-refractivity contribution in [2.75, 3.05) is 0 Å². The van der Waals surface area contributed by atoms with Gasteiger partial charge in [-0.1, -0.05) is 164 Å². The summed E-state index contributed by atoms with van der Waals surface area (Å²) < 4.78 is 6.32. The van der Waals surface area contributed by atoms with Gasteiger partial charge < -0.3 is 9.73 Å². The summed E-state index contributed by atoms with van der Waals surface area (Å²) in [5.74, 6) is 0.839. The Morgan fingerprint density at radius 3 is 1.95 bits per heavy atom. The number of amidine groups is 1. The van der Waals surface area contributed by atoms with Crippen LogP contribution in [0.3, 0.4) is 0 Å². The van der Waals surface area contributed by atoms with Crippen molar-refractivity contribution in [1.82, 2.24) is 10.6 Å². The smallest absolute Gasteiger partial charge is 0.136 e. The molecule has 55 heavy (non-hydrogen) atoms. The molecule has 0 fully saturated rings. The lowest BCUT2D eigenvalue weighted by Gasteiger charge is -2.33. The lowest BCUT2D eigenvalue weighted by atomic mass is 9.94. The molecule has 0 aliphatic carbocycles. The SMILES string of the molecule is c1ccc(-c2cccc3oc4ccccc4c23)c(C2=NC(c3ccc(-c4ccc5ccccc5c4)cc3)NC(c3ccc4c(ccc5ccccc54)c3)N2)c1. The summed E-state index contributed by atoms with van der Waals surface area (Å²) in [4.78, 5) is 5.43. The monoisotopic (exact) mass is 705 g/mol. The van der Waals surface area contributed by atoms with Crippen LogP contribution in [0.15, 0.2) is 197 Å². The van der Waals surface area contributed by atoms with Crippen LogP contribution in [0.4, 0.5) is 0 Å². The Bertz CT molecular complexity index is 3120. The van der Waals surface area contributed by atoms with Gasteiger partial charge in [-0.3, -0.25) is 5.32 Å². The molecule has 1 aliphatic rings. The highest BCUT2D eigenvalue weighted by Crippen LogP contribution is 2.39. The van der Waals surface area contributed by atoms with E-state index in [9.17, 15) is 0 Å². The molecule has 11 rings (SSSR count). The molecule has 260 valence electrons. The van der Waals surface area contributed by atoms with E-state index in [1.807, 2.05) is 12.1 Å². The molecule has 0 amide bonds. The van der Waals surface area contributed by atoms with Gasteiger partial charge in [0.2, 0.25) is 0 Å². The van der Waals surface area contributed by atoms with Crippen LogP contribution in [-0.4, -0.2) is 5.84 Å². The maximum atomic E-state index is 6.32. The molecule has 0 saturated carbocycles. The van der Waals surface area contributed by atoms with E-state index in [4.69, 9.17) is 9.41 Å². The summed E-state index contributed by atoms with van der Waals surface area (Å²) in [6.07, 6.45) is -0.495. The average Bonchev–Trinajstić information content (AvgIpc) is 3.65. The van der Waals surface area contributed by atoms with Gasteiger partial charge in [-0.25, -0.2) is 4.99 Å². The lowest BCUT2D eigenvalue weighted by molar-refractivity contribution is 0.409. The largest absolute Gasteiger partial charge is 0.456 e. The van der Waals surface area contributed by atoms with Gasteiger partial charge in [0.25, 0.3) is 0 Å². The highest BCUT2D eigenvalue weighted by molar-refractivity contribution is 6.15. The van der Waals surface area contributed by atoms with E-state index >= 15 is 0 Å². The van der Waals surface area contributed by atoms with Crippen molar-refractivity contribution in [2.45, 2.75) is 12.3 Å². The fourth-order valence-electron chi connectivity index (χ4n) is 8.40. The maximum Gasteiger partial charge on any atom is 0.136 e. The predicted octanol–water partition coefficient (Wildman–Crippen LogP) is 12.7. The molecular weight excluding hydrogens is 671 g/mol. The van der Waals surface area contributed by atoms with E-state index in [1.54, 1.807) is 0 Å². The Morgan fingerprint density at radius 1 is 0.418 bits per heavy atom. The van der Waals surface area contributed by atoms with Gasteiger partial charge in [0.1, 0.15) is 29.3 Å². The number of para-hydroxylation sites is 1. The second kappa shape index (κ2) is 12.8. The molecule has 4 nitrogen and oxygen atoms in total. The standard InChI is InChI=1S/C51H35N3O/c1-2-12-36-30-37(26-22-32(36)10-1)33-20-24-35(25-21-33)49-52-50(39-28-29-41-38(31-39)27-23-34-11-3-4-13-40(34)41)54-51(53-49)44-15-6-5-14-42(44)43-17-9-19-47-48(43)45-16-7-8-18-46(45)55-47/h1-31,49-50,52H,(H,53,54). The van der Waals surface area contributed by atoms with Gasteiger partial charge in [0.05, 0.1) is 0 Å². The second-order valence-electron chi connectivity index (χ2n) is 14.4. The van der Waals surface area contributed by atoms with E-state index in [2.05, 4.69) is 187 Å². The van der Waals surface area contributed by atoms with Crippen molar-refractivity contribution >= 4 is 60.1 Å². The summed E-state index contributed by atoms with van der Waals surface area (Å²) in [5.41, 5.74) is 9.63. The van der Waals surface area contributed by atoms with Gasteiger partial charge >= 0.3 is 0 Å². The molecule has 1 aromatic heterocycles. The number of fused-ring (bicyclic) bond motifs is 7. The third-order valence-electron chi connectivity index (χ3n) is 11.2. The van der Waals surface area contributed by atoms with Crippen molar-refractivity contribution in [3.05, 3.63) is 205 Å². The summed E-state index contributed by atoms with van der Waals surface area (Å²) in [6, 6.07) is 67.1. The normalized spacial score (nSPS) is 15.8. The summed E-state index contributed by atoms with van der Waals surface area (Å²) in [5, 5.41) is 17.4. The first kappa shape index (κ1) is 31.5. The molecule has 4 heteroatoms. The first-order chi connectivity index (χ1) is 27.2. The van der Waals surface area contributed by atoms with Gasteiger partial charge in [0.15, 0.2) is 0 Å². The Morgan fingerprint density at radius 2 is 1.05 bits per heavy atom. The number of furan rings is 1. The predicted molar refractivity (Wildman–Crippen MR) is 228 cm³/mol. The quantitative estimate of drug-likeness (QED) is 0.175. The Labute approximate surface area is 318 Å². The molecule has 2 unspecified atom stereocenters. The van der Waals surface area contributed by atoms with Crippen LogP contribution in [0.2, 0.25) is 0 Å². The molecule has 1 aliphatic heterocycles. The van der Waals surface area contributed by atoms with Gasteiger partial charge in [-0.2, -0.15) is 0 Å². The van der Waals surface area contributed by atoms with Crippen LogP contribution in [0.5, 0.6) is 0 Å². The Balaban J connectivity index is 1.03. The van der Waals surface area contributed by atoms with Crippen molar-refractivity contribution in [2.24, 2.45) is 4.99 Å². The third kappa shape index (κ3) is 5.46. The maximum absolute atomic E-state index is 6.32. The minimum Gasteiger partial charge on any atom is -0.456 e. The van der Waals surface area contributed by atoms with Crippen LogP contribution in [0.25, 0.3) is 76.5 Å². The highest BCUT2D eigenvalue weighted by atomic mass is 16.3.